The summed E-state index contributed by atoms with van der Waals surface area (Å²) in [6, 6.07) is 4.61. The Bertz CT molecular complexity index is 424. The molecule has 1 aromatic rings. The fraction of sp³-hybridized carbons (Fsp3) is 0.500. The Morgan fingerprint density at radius 3 is 2.79 bits per heavy atom. The Balaban J connectivity index is 2.52. The summed E-state index contributed by atoms with van der Waals surface area (Å²) in [5.74, 6) is -0.481. The minimum atomic E-state index is -0.279. The molecule has 0 saturated heterocycles. The van der Waals surface area contributed by atoms with E-state index in [-0.39, 0.29) is 11.8 Å². The molecule has 0 aliphatic carbocycles. The molecule has 0 radical (unpaired) electrons. The molecule has 0 spiro atoms. The van der Waals surface area contributed by atoms with Gasteiger partial charge in [-0.15, -0.1) is 0 Å². The number of hydrogen-bond acceptors (Lipinski definition) is 4. The topological polar surface area (TPSA) is 55.6 Å². The standard InChI is InChI=1S/C14H21FN2O2/c1-3-19-14(18)6-7-17(2)10-11-4-5-13(15)8-12(11)9-16/h4-5,8H,3,6-7,9-10,16H2,1-2H3. The first-order valence-electron chi connectivity index (χ1n) is 6.38. The average molecular weight is 268 g/mol. The zero-order valence-corrected chi connectivity index (χ0v) is 11.5. The molecule has 19 heavy (non-hydrogen) atoms. The molecule has 0 atom stereocenters. The van der Waals surface area contributed by atoms with Crippen LogP contribution in [-0.2, 0) is 22.6 Å². The minimum absolute atomic E-state index is 0.201. The van der Waals surface area contributed by atoms with E-state index in [1.807, 2.05) is 11.9 Å². The number of rotatable bonds is 7. The summed E-state index contributed by atoms with van der Waals surface area (Å²) in [6.45, 7) is 3.72. The van der Waals surface area contributed by atoms with Crippen molar-refractivity contribution in [3.63, 3.8) is 0 Å². The van der Waals surface area contributed by atoms with Crippen molar-refractivity contribution in [2.45, 2.75) is 26.4 Å². The van der Waals surface area contributed by atoms with E-state index in [4.69, 9.17) is 10.5 Å². The van der Waals surface area contributed by atoms with Gasteiger partial charge < -0.3 is 15.4 Å². The normalized spacial score (nSPS) is 10.8. The van der Waals surface area contributed by atoms with Crippen LogP contribution in [0.4, 0.5) is 4.39 Å². The van der Waals surface area contributed by atoms with Gasteiger partial charge in [0.2, 0.25) is 0 Å². The molecular weight excluding hydrogens is 247 g/mol. The third-order valence-electron chi connectivity index (χ3n) is 2.83. The highest BCUT2D eigenvalue weighted by Gasteiger charge is 2.08. The highest BCUT2D eigenvalue weighted by atomic mass is 19.1. The van der Waals surface area contributed by atoms with Gasteiger partial charge in [-0.1, -0.05) is 6.07 Å². The first-order valence-corrected chi connectivity index (χ1v) is 6.38. The fourth-order valence-corrected chi connectivity index (χ4v) is 1.82. The predicted octanol–water partition coefficient (Wildman–Crippen LogP) is 1.67. The number of esters is 1. The van der Waals surface area contributed by atoms with Gasteiger partial charge >= 0.3 is 5.97 Å². The number of carbonyl (C=O) groups excluding carboxylic acids is 1. The lowest BCUT2D eigenvalue weighted by Crippen LogP contribution is -2.23. The molecule has 0 saturated carbocycles. The van der Waals surface area contributed by atoms with Crippen LogP contribution in [0.5, 0.6) is 0 Å². The molecule has 0 amide bonds. The van der Waals surface area contributed by atoms with E-state index in [0.29, 0.717) is 32.7 Å². The van der Waals surface area contributed by atoms with E-state index in [1.165, 1.54) is 12.1 Å². The van der Waals surface area contributed by atoms with Gasteiger partial charge in [0.15, 0.2) is 0 Å². The van der Waals surface area contributed by atoms with Gasteiger partial charge in [0.25, 0.3) is 0 Å². The zero-order chi connectivity index (χ0) is 14.3. The Hall–Kier alpha value is -1.46. The van der Waals surface area contributed by atoms with Crippen molar-refractivity contribution in [1.29, 1.82) is 0 Å². The zero-order valence-electron chi connectivity index (χ0n) is 11.5. The summed E-state index contributed by atoms with van der Waals surface area (Å²) in [4.78, 5) is 13.2. The maximum atomic E-state index is 13.1. The average Bonchev–Trinajstić information content (AvgIpc) is 2.39. The first-order chi connectivity index (χ1) is 9.06. The molecule has 2 N–H and O–H groups in total. The second-order valence-electron chi connectivity index (χ2n) is 4.41. The Morgan fingerprint density at radius 1 is 1.42 bits per heavy atom. The van der Waals surface area contributed by atoms with Crippen LogP contribution in [0.2, 0.25) is 0 Å². The summed E-state index contributed by atoms with van der Waals surface area (Å²) in [5.41, 5.74) is 7.37. The van der Waals surface area contributed by atoms with Crippen LogP contribution in [-0.4, -0.2) is 31.1 Å². The summed E-state index contributed by atoms with van der Waals surface area (Å²) >= 11 is 0. The monoisotopic (exact) mass is 268 g/mol. The van der Waals surface area contributed by atoms with Crippen molar-refractivity contribution in [2.24, 2.45) is 5.73 Å². The molecular formula is C14H21FN2O2. The number of halogens is 1. The molecule has 0 aliphatic heterocycles. The molecule has 0 fully saturated rings. The number of ether oxygens (including phenoxy) is 1. The van der Waals surface area contributed by atoms with Crippen LogP contribution in [0.25, 0.3) is 0 Å². The quantitative estimate of drug-likeness (QED) is 0.764. The van der Waals surface area contributed by atoms with Crippen LogP contribution in [0.15, 0.2) is 18.2 Å². The van der Waals surface area contributed by atoms with E-state index in [9.17, 15) is 9.18 Å². The maximum Gasteiger partial charge on any atom is 0.307 e. The Kier molecular flexibility index (Phi) is 6.45. The van der Waals surface area contributed by atoms with Crippen molar-refractivity contribution in [3.8, 4) is 0 Å². The van der Waals surface area contributed by atoms with Gasteiger partial charge in [-0.05, 0) is 37.2 Å². The minimum Gasteiger partial charge on any atom is -0.466 e. The van der Waals surface area contributed by atoms with Crippen molar-refractivity contribution < 1.29 is 13.9 Å². The first kappa shape index (κ1) is 15.6. The van der Waals surface area contributed by atoms with Crippen molar-refractivity contribution in [1.82, 2.24) is 4.90 Å². The van der Waals surface area contributed by atoms with Gasteiger partial charge in [-0.25, -0.2) is 4.39 Å². The van der Waals surface area contributed by atoms with E-state index < -0.39 is 0 Å². The summed E-state index contributed by atoms with van der Waals surface area (Å²) < 4.78 is 17.9. The number of benzene rings is 1. The molecule has 4 nitrogen and oxygen atoms in total. The SMILES string of the molecule is CCOC(=O)CCN(C)Cc1ccc(F)cc1CN. The molecule has 106 valence electrons. The molecule has 1 rings (SSSR count). The predicted molar refractivity (Wildman–Crippen MR) is 71.9 cm³/mol. The third-order valence-corrected chi connectivity index (χ3v) is 2.83. The lowest BCUT2D eigenvalue weighted by atomic mass is 10.1. The van der Waals surface area contributed by atoms with Crippen LogP contribution < -0.4 is 5.73 Å². The molecule has 0 aromatic heterocycles. The Morgan fingerprint density at radius 2 is 2.16 bits per heavy atom. The summed E-state index contributed by atoms with van der Waals surface area (Å²) in [7, 11) is 1.91. The fourth-order valence-electron chi connectivity index (χ4n) is 1.82. The molecule has 0 bridgehead atoms. The van der Waals surface area contributed by atoms with Crippen LogP contribution in [0.1, 0.15) is 24.5 Å². The summed E-state index contributed by atoms with van der Waals surface area (Å²) in [5, 5.41) is 0. The van der Waals surface area contributed by atoms with Crippen molar-refractivity contribution in [3.05, 3.63) is 35.1 Å². The molecule has 0 unspecified atom stereocenters. The maximum absolute atomic E-state index is 13.1. The van der Waals surface area contributed by atoms with E-state index >= 15 is 0 Å². The smallest absolute Gasteiger partial charge is 0.307 e. The second-order valence-corrected chi connectivity index (χ2v) is 4.41. The number of nitrogens with zero attached hydrogens (tertiary/aromatic N) is 1. The van der Waals surface area contributed by atoms with Crippen LogP contribution in [0, 0.1) is 5.82 Å². The summed E-state index contributed by atoms with van der Waals surface area (Å²) in [6.07, 6.45) is 0.351. The highest BCUT2D eigenvalue weighted by molar-refractivity contribution is 5.69. The van der Waals surface area contributed by atoms with Crippen LogP contribution in [0.3, 0.4) is 0 Å². The van der Waals surface area contributed by atoms with Crippen LogP contribution >= 0.6 is 0 Å². The lowest BCUT2D eigenvalue weighted by Gasteiger charge is -2.18. The number of hydrogen-bond donors (Lipinski definition) is 1. The van der Waals surface area contributed by atoms with Gasteiger partial charge in [0.1, 0.15) is 5.82 Å². The lowest BCUT2D eigenvalue weighted by molar-refractivity contribution is -0.143. The highest BCUT2D eigenvalue weighted by Crippen LogP contribution is 2.13. The van der Waals surface area contributed by atoms with Gasteiger partial charge in [0, 0.05) is 19.6 Å². The van der Waals surface area contributed by atoms with Gasteiger partial charge in [0.05, 0.1) is 13.0 Å². The van der Waals surface area contributed by atoms with Gasteiger partial charge in [-0.2, -0.15) is 0 Å². The van der Waals surface area contributed by atoms with Crippen molar-refractivity contribution in [2.75, 3.05) is 20.2 Å². The van der Waals surface area contributed by atoms with E-state index in [2.05, 4.69) is 0 Å². The largest absolute Gasteiger partial charge is 0.466 e. The Labute approximate surface area is 113 Å². The molecule has 1 aromatic carbocycles. The molecule has 0 heterocycles. The number of nitrogens with two attached hydrogens (primary N) is 1. The molecule has 0 aliphatic rings. The molecule has 5 heteroatoms. The van der Waals surface area contributed by atoms with Gasteiger partial charge in [-0.3, -0.25) is 4.79 Å². The number of carbonyl (C=O) groups is 1. The van der Waals surface area contributed by atoms with E-state index in [1.54, 1.807) is 13.0 Å². The third kappa shape index (κ3) is 5.36. The van der Waals surface area contributed by atoms with E-state index in [0.717, 1.165) is 11.1 Å². The van der Waals surface area contributed by atoms with Crippen molar-refractivity contribution >= 4 is 5.97 Å². The second kappa shape index (κ2) is 7.86.